The number of nitrogens with one attached hydrogen (secondary N) is 1. The molecule has 0 saturated carbocycles. The Morgan fingerprint density at radius 1 is 1.14 bits per heavy atom. The number of fused-ring (bicyclic) bond motifs is 1. The molecule has 0 spiro atoms. The molecule has 5 N–H and O–H groups in total. The lowest BCUT2D eigenvalue weighted by atomic mass is 10.0. The lowest BCUT2D eigenvalue weighted by Crippen LogP contribution is -2.43. The van der Waals surface area contributed by atoms with Crippen LogP contribution in [0.25, 0.3) is 6.08 Å². The van der Waals surface area contributed by atoms with Crippen LogP contribution in [0.1, 0.15) is 54.1 Å². The summed E-state index contributed by atoms with van der Waals surface area (Å²) in [6, 6.07) is 12.8. The molecule has 0 bridgehead atoms. The number of hydrogen-bond acceptors (Lipinski definition) is 7. The average Bonchev–Trinajstić information content (AvgIpc) is 3.05. The number of nitrogen functional groups attached to an aromatic ring is 1. The minimum absolute atomic E-state index is 0.124. The van der Waals surface area contributed by atoms with Gasteiger partial charge in [-0.25, -0.2) is 10.1 Å². The number of carbonyl (C=O) groups is 2. The maximum absolute atomic E-state index is 13.4. The van der Waals surface area contributed by atoms with Gasteiger partial charge in [0.15, 0.2) is 0 Å². The zero-order valence-electron chi connectivity index (χ0n) is 21.6. The number of amides is 2. The van der Waals surface area contributed by atoms with Gasteiger partial charge < -0.3 is 21.7 Å². The van der Waals surface area contributed by atoms with E-state index >= 15 is 0 Å². The van der Waals surface area contributed by atoms with E-state index < -0.39 is 0 Å². The highest BCUT2D eigenvalue weighted by molar-refractivity contribution is 6.05. The number of nitrogens with two attached hydrogens (primary N) is 2. The molecule has 2 aliphatic rings. The van der Waals surface area contributed by atoms with Gasteiger partial charge in [0.05, 0.1) is 5.69 Å². The van der Waals surface area contributed by atoms with E-state index in [-0.39, 0.29) is 30.9 Å². The van der Waals surface area contributed by atoms with Gasteiger partial charge in [-0.2, -0.15) is 0 Å². The first-order chi connectivity index (χ1) is 17.8. The Balaban J connectivity index is 1.49. The topological polar surface area (TPSA) is 126 Å². The number of rotatable bonds is 8. The Kier molecular flexibility index (Phi) is 8.58. The number of nitrogens with zero attached hydrogens (tertiary/aromatic N) is 3. The maximum Gasteiger partial charge on any atom is 0.273 e. The molecule has 0 unspecified atom stereocenters. The Morgan fingerprint density at radius 3 is 2.57 bits per heavy atom. The lowest BCUT2D eigenvalue weighted by molar-refractivity contribution is -0.187. The average molecular weight is 505 g/mol. The summed E-state index contributed by atoms with van der Waals surface area (Å²) < 4.78 is 0. The van der Waals surface area contributed by atoms with E-state index in [2.05, 4.69) is 22.3 Å². The summed E-state index contributed by atoms with van der Waals surface area (Å²) >= 11 is 0. The first-order valence-corrected chi connectivity index (χ1v) is 12.8. The molecule has 9 nitrogen and oxygen atoms in total. The quantitative estimate of drug-likeness (QED) is 0.374. The molecule has 0 atom stereocenters. The number of aliphatic imine (C=N–C) groups is 1. The van der Waals surface area contributed by atoms with Gasteiger partial charge in [-0.05, 0) is 75.3 Å². The van der Waals surface area contributed by atoms with E-state index in [1.807, 2.05) is 25.1 Å². The van der Waals surface area contributed by atoms with Gasteiger partial charge in [-0.15, -0.1) is 0 Å². The standard InChI is InChI=1S/C28H36N6O3/c1-3-12-34(37-18-19-4-8-23(29)9-5-19)28(36)22-15-20-6-7-21(16-25(20)32-26(30)17-22)27(35)31-24-10-13-33(2)14-11-24/h4-9,15-16,24H,3,10-14,17-18,29H2,1-2H3,(H2,30,32)(H,31,35). The largest absolute Gasteiger partial charge is 0.399 e. The van der Waals surface area contributed by atoms with Gasteiger partial charge in [0.1, 0.15) is 12.4 Å². The van der Waals surface area contributed by atoms with Gasteiger partial charge in [0, 0.05) is 41.4 Å². The molecule has 0 radical (unpaired) electrons. The molecule has 9 heteroatoms. The van der Waals surface area contributed by atoms with Gasteiger partial charge >= 0.3 is 0 Å². The summed E-state index contributed by atoms with van der Waals surface area (Å²) in [5, 5.41) is 4.51. The zero-order valence-corrected chi connectivity index (χ0v) is 21.6. The van der Waals surface area contributed by atoms with Crippen LogP contribution >= 0.6 is 0 Å². The molecule has 2 aromatic carbocycles. The highest BCUT2D eigenvalue weighted by atomic mass is 16.7. The van der Waals surface area contributed by atoms with E-state index in [0.29, 0.717) is 34.9 Å². The summed E-state index contributed by atoms with van der Waals surface area (Å²) in [6.45, 7) is 4.60. The van der Waals surface area contributed by atoms with Crippen LogP contribution in [-0.4, -0.2) is 60.3 Å². The zero-order chi connectivity index (χ0) is 26.4. The van der Waals surface area contributed by atoms with Gasteiger partial charge in [-0.1, -0.05) is 25.1 Å². The second-order valence-electron chi connectivity index (χ2n) is 9.70. The summed E-state index contributed by atoms with van der Waals surface area (Å²) in [7, 11) is 2.09. The Labute approximate surface area is 218 Å². The fourth-order valence-corrected chi connectivity index (χ4v) is 4.45. The van der Waals surface area contributed by atoms with Crippen LogP contribution in [0.5, 0.6) is 0 Å². The third kappa shape index (κ3) is 6.96. The van der Waals surface area contributed by atoms with Crippen LogP contribution < -0.4 is 16.8 Å². The Hall–Kier alpha value is -3.69. The first kappa shape index (κ1) is 26.4. The van der Waals surface area contributed by atoms with Crippen LogP contribution in [0.15, 0.2) is 53.0 Å². The van der Waals surface area contributed by atoms with E-state index in [0.717, 1.165) is 43.5 Å². The molecule has 2 amide bonds. The molecule has 4 rings (SSSR count). The number of hydroxylamine groups is 2. The SMILES string of the molecule is CCCN(OCc1ccc(N)cc1)C(=O)C1=Cc2ccc(C(=O)NC3CCN(C)CC3)cc2N=C(N)C1. The normalized spacial score (nSPS) is 16.3. The van der Waals surface area contributed by atoms with E-state index in [4.69, 9.17) is 16.3 Å². The molecule has 1 fully saturated rings. The van der Waals surface area contributed by atoms with E-state index in [9.17, 15) is 9.59 Å². The number of hydrogen-bond donors (Lipinski definition) is 3. The van der Waals surface area contributed by atoms with Crippen molar-refractivity contribution in [1.82, 2.24) is 15.3 Å². The van der Waals surface area contributed by atoms with Crippen molar-refractivity contribution in [3.8, 4) is 0 Å². The van der Waals surface area contributed by atoms with Gasteiger partial charge in [0.25, 0.3) is 11.8 Å². The van der Waals surface area contributed by atoms with Crippen LogP contribution in [0.2, 0.25) is 0 Å². The molecule has 196 valence electrons. The van der Waals surface area contributed by atoms with Crippen LogP contribution in [0.4, 0.5) is 11.4 Å². The van der Waals surface area contributed by atoms with Crippen molar-refractivity contribution in [2.24, 2.45) is 10.7 Å². The maximum atomic E-state index is 13.4. The molecular weight excluding hydrogens is 468 g/mol. The molecular formula is C28H36N6O3. The molecule has 2 aliphatic heterocycles. The molecule has 0 aromatic heterocycles. The molecule has 1 saturated heterocycles. The number of piperidine rings is 1. The van der Waals surface area contributed by atoms with Crippen molar-refractivity contribution in [2.45, 2.75) is 45.3 Å². The summed E-state index contributed by atoms with van der Waals surface area (Å²) in [4.78, 5) is 39.0. The second kappa shape index (κ2) is 12.0. The van der Waals surface area contributed by atoms with E-state index in [1.165, 1.54) is 5.06 Å². The minimum Gasteiger partial charge on any atom is -0.399 e. The summed E-state index contributed by atoms with van der Waals surface area (Å²) in [5.74, 6) is -0.0746. The Morgan fingerprint density at radius 2 is 1.86 bits per heavy atom. The predicted molar refractivity (Wildman–Crippen MR) is 146 cm³/mol. The van der Waals surface area contributed by atoms with Crippen molar-refractivity contribution in [3.05, 3.63) is 64.7 Å². The van der Waals surface area contributed by atoms with Crippen LogP contribution in [-0.2, 0) is 16.2 Å². The van der Waals surface area contributed by atoms with Crippen molar-refractivity contribution < 1.29 is 14.4 Å². The first-order valence-electron chi connectivity index (χ1n) is 12.8. The van der Waals surface area contributed by atoms with Crippen molar-refractivity contribution in [3.63, 3.8) is 0 Å². The molecule has 0 aliphatic carbocycles. The van der Waals surface area contributed by atoms with Gasteiger partial charge in [0.2, 0.25) is 0 Å². The number of amidine groups is 1. The third-order valence-electron chi connectivity index (χ3n) is 6.61. The van der Waals surface area contributed by atoms with Crippen LogP contribution in [0.3, 0.4) is 0 Å². The predicted octanol–water partition coefficient (Wildman–Crippen LogP) is 3.24. The number of likely N-dealkylation sites (tertiary alicyclic amines) is 1. The number of anilines is 1. The van der Waals surface area contributed by atoms with Crippen LogP contribution in [0, 0.1) is 0 Å². The smallest absolute Gasteiger partial charge is 0.273 e. The summed E-state index contributed by atoms with van der Waals surface area (Å²) in [5.41, 5.74) is 15.8. The fourth-order valence-electron chi connectivity index (χ4n) is 4.45. The van der Waals surface area contributed by atoms with Crippen molar-refractivity contribution in [2.75, 3.05) is 32.4 Å². The van der Waals surface area contributed by atoms with E-state index in [1.54, 1.807) is 30.3 Å². The number of benzene rings is 2. The lowest BCUT2D eigenvalue weighted by Gasteiger charge is -2.29. The monoisotopic (exact) mass is 504 g/mol. The second-order valence-corrected chi connectivity index (χ2v) is 9.70. The third-order valence-corrected chi connectivity index (χ3v) is 6.61. The molecule has 2 aromatic rings. The van der Waals surface area contributed by atoms with Gasteiger partial charge in [-0.3, -0.25) is 14.4 Å². The van der Waals surface area contributed by atoms with Crippen molar-refractivity contribution in [1.29, 1.82) is 0 Å². The van der Waals surface area contributed by atoms with Crippen molar-refractivity contribution >= 4 is 35.1 Å². The summed E-state index contributed by atoms with van der Waals surface area (Å²) in [6.07, 6.45) is 4.57. The minimum atomic E-state index is -0.257. The Bertz CT molecular complexity index is 1180. The highest BCUT2D eigenvalue weighted by Crippen LogP contribution is 2.29. The number of carbonyl (C=O) groups excluding carboxylic acids is 2. The fraction of sp³-hybridized carbons (Fsp3) is 0.393. The highest BCUT2D eigenvalue weighted by Gasteiger charge is 2.24. The molecule has 2 heterocycles. The molecule has 37 heavy (non-hydrogen) atoms.